The van der Waals surface area contributed by atoms with Gasteiger partial charge in [0.1, 0.15) is 0 Å². The SMILES string of the molecule is C1=C[C@H]2C[C@@H](C1)[C@@H]1CCCC12. The Morgan fingerprint density at radius 2 is 2.00 bits per heavy atom. The van der Waals surface area contributed by atoms with Crippen LogP contribution in [-0.2, 0) is 0 Å². The second kappa shape index (κ2) is 2.12. The Bertz CT molecular complexity index is 192. The Kier molecular flexibility index (Phi) is 1.21. The Balaban J connectivity index is 1.95. The van der Waals surface area contributed by atoms with Crippen LogP contribution in [0.1, 0.15) is 32.1 Å². The minimum Gasteiger partial charge on any atom is -0.0880 e. The van der Waals surface area contributed by atoms with Crippen LogP contribution in [0.15, 0.2) is 12.2 Å². The molecule has 2 bridgehead atoms. The van der Waals surface area contributed by atoms with Crippen LogP contribution in [0.25, 0.3) is 0 Å². The first-order valence-electron chi connectivity index (χ1n) is 5.12. The zero-order chi connectivity index (χ0) is 7.26. The van der Waals surface area contributed by atoms with Gasteiger partial charge in [-0.05, 0) is 49.4 Å². The van der Waals surface area contributed by atoms with Gasteiger partial charge in [0.05, 0.1) is 0 Å². The van der Waals surface area contributed by atoms with Gasteiger partial charge in [0, 0.05) is 0 Å². The van der Waals surface area contributed by atoms with Gasteiger partial charge in [-0.3, -0.25) is 0 Å². The zero-order valence-corrected chi connectivity index (χ0v) is 7.00. The van der Waals surface area contributed by atoms with E-state index < -0.39 is 0 Å². The summed E-state index contributed by atoms with van der Waals surface area (Å²) in [5, 5.41) is 0. The second-order valence-electron chi connectivity index (χ2n) is 4.58. The maximum Gasteiger partial charge on any atom is -0.0200 e. The van der Waals surface area contributed by atoms with E-state index in [4.69, 9.17) is 0 Å². The van der Waals surface area contributed by atoms with E-state index in [1.807, 2.05) is 0 Å². The first kappa shape index (κ1) is 6.28. The van der Waals surface area contributed by atoms with Crippen molar-refractivity contribution in [2.75, 3.05) is 0 Å². The third kappa shape index (κ3) is 0.758. The Morgan fingerprint density at radius 3 is 3.00 bits per heavy atom. The maximum atomic E-state index is 2.51. The average Bonchev–Trinajstić information content (AvgIpc) is 2.58. The number of hydrogen-bond acceptors (Lipinski definition) is 0. The van der Waals surface area contributed by atoms with Crippen molar-refractivity contribution in [1.29, 1.82) is 0 Å². The lowest BCUT2D eigenvalue weighted by atomic mass is 9.90. The van der Waals surface area contributed by atoms with Crippen molar-refractivity contribution in [1.82, 2.24) is 0 Å². The van der Waals surface area contributed by atoms with E-state index in [-0.39, 0.29) is 0 Å². The van der Waals surface area contributed by atoms with Gasteiger partial charge in [-0.1, -0.05) is 18.6 Å². The molecule has 0 N–H and O–H groups in total. The Labute approximate surface area is 68.7 Å². The van der Waals surface area contributed by atoms with Crippen LogP contribution in [0.4, 0.5) is 0 Å². The molecule has 0 spiro atoms. The van der Waals surface area contributed by atoms with E-state index in [1.54, 1.807) is 6.42 Å². The van der Waals surface area contributed by atoms with Crippen molar-refractivity contribution in [2.24, 2.45) is 23.7 Å². The molecule has 3 aliphatic rings. The van der Waals surface area contributed by atoms with Gasteiger partial charge in [-0.15, -0.1) is 0 Å². The van der Waals surface area contributed by atoms with Gasteiger partial charge in [0.2, 0.25) is 0 Å². The minimum atomic E-state index is 1.00. The van der Waals surface area contributed by atoms with Crippen LogP contribution < -0.4 is 0 Å². The molecule has 11 heavy (non-hydrogen) atoms. The molecule has 2 fully saturated rings. The highest BCUT2D eigenvalue weighted by Crippen LogP contribution is 2.54. The monoisotopic (exact) mass is 148 g/mol. The summed E-state index contributed by atoms with van der Waals surface area (Å²) < 4.78 is 0. The molecule has 3 rings (SSSR count). The fraction of sp³-hybridized carbons (Fsp3) is 0.818. The van der Waals surface area contributed by atoms with Crippen molar-refractivity contribution in [3.05, 3.63) is 12.2 Å². The normalized spacial score (nSPS) is 53.1. The minimum absolute atomic E-state index is 1.00. The van der Waals surface area contributed by atoms with Gasteiger partial charge in [0.25, 0.3) is 0 Å². The first-order chi connectivity index (χ1) is 5.45. The molecular weight excluding hydrogens is 132 g/mol. The average molecular weight is 148 g/mol. The molecule has 4 atom stereocenters. The van der Waals surface area contributed by atoms with Crippen LogP contribution >= 0.6 is 0 Å². The van der Waals surface area contributed by atoms with Crippen LogP contribution in [0.2, 0.25) is 0 Å². The number of allylic oxidation sites excluding steroid dienone is 2. The zero-order valence-electron chi connectivity index (χ0n) is 7.00. The van der Waals surface area contributed by atoms with Crippen LogP contribution in [0, 0.1) is 23.7 Å². The lowest BCUT2D eigenvalue weighted by Crippen LogP contribution is -2.07. The predicted octanol–water partition coefficient (Wildman–Crippen LogP) is 3.00. The fourth-order valence-electron chi connectivity index (χ4n) is 3.75. The van der Waals surface area contributed by atoms with Crippen LogP contribution in [0.3, 0.4) is 0 Å². The summed E-state index contributed by atoms with van der Waals surface area (Å²) in [4.78, 5) is 0. The van der Waals surface area contributed by atoms with E-state index in [0.717, 1.165) is 23.7 Å². The molecule has 0 aromatic rings. The quantitative estimate of drug-likeness (QED) is 0.463. The third-order valence-corrected chi connectivity index (χ3v) is 4.18. The largest absolute Gasteiger partial charge is 0.0880 e. The molecule has 2 saturated carbocycles. The maximum absolute atomic E-state index is 2.51. The summed E-state index contributed by atoms with van der Waals surface area (Å²) in [6.45, 7) is 0. The second-order valence-corrected chi connectivity index (χ2v) is 4.58. The lowest BCUT2D eigenvalue weighted by molar-refractivity contribution is 0.354. The fourth-order valence-corrected chi connectivity index (χ4v) is 3.75. The first-order valence-corrected chi connectivity index (χ1v) is 5.12. The Morgan fingerprint density at radius 1 is 1.09 bits per heavy atom. The number of rotatable bonds is 0. The molecule has 0 amide bonds. The van der Waals surface area contributed by atoms with E-state index in [1.165, 1.54) is 25.7 Å². The molecule has 0 nitrogen and oxygen atoms in total. The third-order valence-electron chi connectivity index (χ3n) is 4.18. The van der Waals surface area contributed by atoms with Gasteiger partial charge < -0.3 is 0 Å². The molecule has 0 saturated heterocycles. The molecule has 0 radical (unpaired) electrons. The van der Waals surface area contributed by atoms with Crippen molar-refractivity contribution in [3.8, 4) is 0 Å². The van der Waals surface area contributed by atoms with E-state index >= 15 is 0 Å². The topological polar surface area (TPSA) is 0 Å². The summed E-state index contributed by atoms with van der Waals surface area (Å²) in [5.41, 5.74) is 0. The summed E-state index contributed by atoms with van der Waals surface area (Å²) in [6.07, 6.45) is 12.5. The number of fused-ring (bicyclic) bond motifs is 5. The molecule has 60 valence electrons. The van der Waals surface area contributed by atoms with E-state index in [0.29, 0.717) is 0 Å². The standard InChI is InChI=1S/C11H16/c1-3-8-7-9(4-1)11-6-2-5-10(8)11/h1,3,8-11H,2,4-7H2/t8-,9+,10?,11-/m0/s1. The molecule has 0 heteroatoms. The molecular formula is C11H16. The number of hydrogen-bond donors (Lipinski definition) is 0. The van der Waals surface area contributed by atoms with Crippen molar-refractivity contribution in [2.45, 2.75) is 32.1 Å². The van der Waals surface area contributed by atoms with E-state index in [9.17, 15) is 0 Å². The molecule has 3 aliphatic carbocycles. The summed E-state index contributed by atoms with van der Waals surface area (Å²) in [7, 11) is 0. The highest BCUT2D eigenvalue weighted by molar-refractivity contribution is 5.08. The van der Waals surface area contributed by atoms with Gasteiger partial charge in [-0.25, -0.2) is 0 Å². The summed E-state index contributed by atoms with van der Waals surface area (Å²) in [6, 6.07) is 0. The van der Waals surface area contributed by atoms with Crippen molar-refractivity contribution in [3.63, 3.8) is 0 Å². The van der Waals surface area contributed by atoms with Crippen molar-refractivity contribution >= 4 is 0 Å². The highest BCUT2D eigenvalue weighted by atomic mass is 14.5. The molecule has 0 heterocycles. The molecule has 0 aromatic carbocycles. The van der Waals surface area contributed by atoms with Crippen molar-refractivity contribution < 1.29 is 0 Å². The van der Waals surface area contributed by atoms with Crippen LogP contribution in [-0.4, -0.2) is 0 Å². The smallest absolute Gasteiger partial charge is 0.0200 e. The lowest BCUT2D eigenvalue weighted by Gasteiger charge is -2.15. The summed E-state index contributed by atoms with van der Waals surface area (Å²) >= 11 is 0. The molecule has 0 aromatic heterocycles. The van der Waals surface area contributed by atoms with Crippen LogP contribution in [0.5, 0.6) is 0 Å². The van der Waals surface area contributed by atoms with Gasteiger partial charge >= 0.3 is 0 Å². The van der Waals surface area contributed by atoms with E-state index in [2.05, 4.69) is 12.2 Å². The Hall–Kier alpha value is -0.260. The molecule has 0 aliphatic heterocycles. The highest BCUT2D eigenvalue weighted by Gasteiger charge is 2.45. The predicted molar refractivity (Wildman–Crippen MR) is 46.2 cm³/mol. The van der Waals surface area contributed by atoms with Gasteiger partial charge in [0.15, 0.2) is 0 Å². The van der Waals surface area contributed by atoms with Gasteiger partial charge in [-0.2, -0.15) is 0 Å². The summed E-state index contributed by atoms with van der Waals surface area (Å²) in [5.74, 6) is 4.34. The molecule has 1 unspecified atom stereocenters.